The van der Waals surface area contributed by atoms with Crippen LogP contribution in [0.5, 0.6) is 5.75 Å². The second-order valence-corrected chi connectivity index (χ2v) is 9.97. The number of nitrogens with two attached hydrogens (primary N) is 1. The van der Waals surface area contributed by atoms with Crippen molar-refractivity contribution in [2.75, 3.05) is 31.1 Å². The Hall–Kier alpha value is -4.32. The minimum absolute atomic E-state index is 0.00897. The molecule has 4 aromatic rings. The first-order valence-corrected chi connectivity index (χ1v) is 13.0. The summed E-state index contributed by atoms with van der Waals surface area (Å²) in [4.78, 5) is 38.0. The van der Waals surface area contributed by atoms with Gasteiger partial charge in [0.05, 0.1) is 24.0 Å². The van der Waals surface area contributed by atoms with Crippen LogP contribution in [0.2, 0.25) is 0 Å². The number of benzene rings is 2. The molecule has 0 bridgehead atoms. The largest absolute Gasteiger partial charge is 0.434 e. The van der Waals surface area contributed by atoms with Gasteiger partial charge >= 0.3 is 6.61 Å². The van der Waals surface area contributed by atoms with Crippen molar-refractivity contribution < 1.29 is 18.3 Å². The molecule has 0 saturated carbocycles. The molecule has 1 amide bonds. The van der Waals surface area contributed by atoms with Crippen LogP contribution in [0.3, 0.4) is 0 Å². The smallest absolute Gasteiger partial charge is 0.387 e. The minimum atomic E-state index is -2.96. The average Bonchev–Trinajstić information content (AvgIpc) is 3.18. The predicted molar refractivity (Wildman–Crippen MR) is 148 cm³/mol. The number of fused-ring (bicyclic) bond motifs is 1. The molecular weight excluding hydrogens is 520 g/mol. The number of hydrogen-bond acceptors (Lipinski definition) is 7. The van der Waals surface area contributed by atoms with Crippen molar-refractivity contribution in [1.82, 2.24) is 24.2 Å². The number of amides is 1. The Bertz CT molecular complexity index is 1600. The summed E-state index contributed by atoms with van der Waals surface area (Å²) in [5.41, 5.74) is 8.96. The number of nitrogens with zero attached hydrogens (tertiary/aromatic N) is 6. The lowest BCUT2D eigenvalue weighted by atomic mass is 10.1. The first-order chi connectivity index (χ1) is 19.2. The molecule has 10 nitrogen and oxygen atoms in total. The first-order valence-electron chi connectivity index (χ1n) is 13.0. The van der Waals surface area contributed by atoms with Crippen LogP contribution in [-0.2, 0) is 18.4 Å². The van der Waals surface area contributed by atoms with E-state index < -0.39 is 6.61 Å². The zero-order valence-corrected chi connectivity index (χ0v) is 22.6. The van der Waals surface area contributed by atoms with E-state index in [4.69, 9.17) is 10.5 Å². The van der Waals surface area contributed by atoms with Crippen molar-refractivity contribution in [2.24, 2.45) is 12.8 Å². The number of ether oxygens (including phenoxy) is 1. The van der Waals surface area contributed by atoms with Gasteiger partial charge in [-0.25, -0.2) is 9.97 Å². The molecule has 0 spiro atoms. The Morgan fingerprint density at radius 2 is 1.88 bits per heavy atom. The number of rotatable bonds is 7. The summed E-state index contributed by atoms with van der Waals surface area (Å²) in [5, 5.41) is 0.506. The molecule has 0 aliphatic carbocycles. The SMILES string of the molecule is Cc1ccc(OC(F)F)c(Cn2c3cc(-c4cnc(N5CCN(C(=O)CN)[C@@H](C)C5)nc4)ccc3c(=O)n2C)c1. The molecule has 3 heterocycles. The average molecular weight is 552 g/mol. The van der Waals surface area contributed by atoms with Crippen molar-refractivity contribution >= 4 is 22.8 Å². The minimum Gasteiger partial charge on any atom is -0.434 e. The molecular formula is C28H31F2N7O3. The van der Waals surface area contributed by atoms with Crippen LogP contribution in [0.4, 0.5) is 14.7 Å². The highest BCUT2D eigenvalue weighted by atomic mass is 19.3. The fourth-order valence-corrected chi connectivity index (χ4v) is 5.21. The fraction of sp³-hybridized carbons (Fsp3) is 0.357. The maximum atomic E-state index is 13.0. The molecule has 2 aromatic heterocycles. The Kier molecular flexibility index (Phi) is 7.53. The number of alkyl halides is 2. The Morgan fingerprint density at radius 1 is 1.12 bits per heavy atom. The molecule has 40 heavy (non-hydrogen) atoms. The Labute approximate surface area is 229 Å². The highest BCUT2D eigenvalue weighted by molar-refractivity contribution is 5.84. The normalized spacial score (nSPS) is 15.7. The number of halogens is 2. The zero-order chi connectivity index (χ0) is 28.6. The fourth-order valence-electron chi connectivity index (χ4n) is 5.21. The van der Waals surface area contributed by atoms with Crippen molar-refractivity contribution in [3.8, 4) is 16.9 Å². The van der Waals surface area contributed by atoms with Crippen LogP contribution in [0.25, 0.3) is 22.0 Å². The van der Waals surface area contributed by atoms with Gasteiger partial charge in [-0.05, 0) is 37.6 Å². The van der Waals surface area contributed by atoms with Crippen molar-refractivity contribution in [2.45, 2.75) is 33.0 Å². The topological polar surface area (TPSA) is 112 Å². The predicted octanol–water partition coefficient (Wildman–Crippen LogP) is 2.75. The number of carbonyl (C=O) groups excluding carboxylic acids is 1. The van der Waals surface area contributed by atoms with E-state index in [0.29, 0.717) is 42.0 Å². The number of anilines is 1. The van der Waals surface area contributed by atoms with Gasteiger partial charge < -0.3 is 20.3 Å². The third kappa shape index (κ3) is 5.26. The summed E-state index contributed by atoms with van der Waals surface area (Å²) in [7, 11) is 1.64. The summed E-state index contributed by atoms with van der Waals surface area (Å²) in [6, 6.07) is 10.4. The third-order valence-corrected chi connectivity index (χ3v) is 7.29. The molecule has 1 atom stereocenters. The maximum absolute atomic E-state index is 13.0. The number of aromatic nitrogens is 4. The third-order valence-electron chi connectivity index (χ3n) is 7.29. The number of aryl methyl sites for hydroxylation is 1. The van der Waals surface area contributed by atoms with Crippen LogP contribution < -0.4 is 20.9 Å². The van der Waals surface area contributed by atoms with E-state index in [1.807, 2.05) is 30.9 Å². The van der Waals surface area contributed by atoms with E-state index in [-0.39, 0.29) is 36.3 Å². The van der Waals surface area contributed by atoms with E-state index in [1.54, 1.807) is 47.2 Å². The maximum Gasteiger partial charge on any atom is 0.387 e. The van der Waals surface area contributed by atoms with Gasteiger partial charge in [0.1, 0.15) is 5.75 Å². The van der Waals surface area contributed by atoms with Crippen LogP contribution in [0, 0.1) is 6.92 Å². The monoisotopic (exact) mass is 551 g/mol. The summed E-state index contributed by atoms with van der Waals surface area (Å²) >= 11 is 0. The van der Waals surface area contributed by atoms with Crippen LogP contribution in [0.15, 0.2) is 53.6 Å². The lowest BCUT2D eigenvalue weighted by Gasteiger charge is -2.39. The Morgan fingerprint density at radius 3 is 2.55 bits per heavy atom. The summed E-state index contributed by atoms with van der Waals surface area (Å²) in [6.07, 6.45) is 3.46. The van der Waals surface area contributed by atoms with Crippen molar-refractivity contribution in [3.05, 3.63) is 70.3 Å². The van der Waals surface area contributed by atoms with Gasteiger partial charge in [-0.2, -0.15) is 8.78 Å². The summed E-state index contributed by atoms with van der Waals surface area (Å²) in [6.45, 7) is 2.79. The first kappa shape index (κ1) is 27.3. The molecule has 1 aliphatic rings. The van der Waals surface area contributed by atoms with Gasteiger partial charge in [-0.3, -0.25) is 19.0 Å². The zero-order valence-electron chi connectivity index (χ0n) is 22.6. The number of piperazine rings is 1. The van der Waals surface area contributed by atoms with Crippen molar-refractivity contribution in [1.29, 1.82) is 0 Å². The van der Waals surface area contributed by atoms with E-state index in [0.717, 1.165) is 16.7 Å². The molecule has 2 aromatic carbocycles. The molecule has 5 rings (SSSR count). The molecule has 2 N–H and O–H groups in total. The van der Waals surface area contributed by atoms with Gasteiger partial charge in [0.15, 0.2) is 0 Å². The van der Waals surface area contributed by atoms with Gasteiger partial charge in [0.2, 0.25) is 11.9 Å². The van der Waals surface area contributed by atoms with E-state index in [9.17, 15) is 18.4 Å². The van der Waals surface area contributed by atoms with Crippen LogP contribution in [0.1, 0.15) is 18.1 Å². The molecule has 0 unspecified atom stereocenters. The summed E-state index contributed by atoms with van der Waals surface area (Å²) < 4.78 is 34.0. The molecule has 12 heteroatoms. The van der Waals surface area contributed by atoms with E-state index in [1.165, 1.54) is 10.7 Å². The molecule has 1 aliphatic heterocycles. The molecule has 1 saturated heterocycles. The molecule has 0 radical (unpaired) electrons. The molecule has 1 fully saturated rings. The number of carbonyl (C=O) groups is 1. The highest BCUT2D eigenvalue weighted by Crippen LogP contribution is 2.27. The quantitative estimate of drug-likeness (QED) is 0.376. The van der Waals surface area contributed by atoms with Gasteiger partial charge in [-0.1, -0.05) is 23.8 Å². The van der Waals surface area contributed by atoms with Gasteiger partial charge in [0.25, 0.3) is 5.56 Å². The van der Waals surface area contributed by atoms with E-state index >= 15 is 0 Å². The standard InChI is InChI=1S/C28H31F2N7O3/c1-17-4-7-24(40-27(29)30)20(10-17)16-37-23-11-19(5-6-22(23)26(39)34(37)3)21-13-32-28(33-14-21)35-8-9-36(18(2)15-35)25(38)12-31/h4-7,10-11,13-14,18,27H,8-9,12,15-16,31H2,1-3H3/t18-/m0/s1. The highest BCUT2D eigenvalue weighted by Gasteiger charge is 2.28. The number of hydrogen-bond donors (Lipinski definition) is 1. The van der Waals surface area contributed by atoms with E-state index in [2.05, 4.69) is 9.97 Å². The summed E-state index contributed by atoms with van der Waals surface area (Å²) in [5.74, 6) is 0.565. The molecule has 210 valence electrons. The lowest BCUT2D eigenvalue weighted by Crippen LogP contribution is -2.55. The second kappa shape index (κ2) is 11.0. The van der Waals surface area contributed by atoms with Crippen molar-refractivity contribution in [3.63, 3.8) is 0 Å². The Balaban J connectivity index is 1.43. The van der Waals surface area contributed by atoms with Crippen LogP contribution >= 0.6 is 0 Å². The lowest BCUT2D eigenvalue weighted by molar-refractivity contribution is -0.132. The van der Waals surface area contributed by atoms with Gasteiger partial charge in [0, 0.05) is 56.2 Å². The second-order valence-electron chi connectivity index (χ2n) is 9.97. The van der Waals surface area contributed by atoms with Gasteiger partial charge in [-0.15, -0.1) is 0 Å². The van der Waals surface area contributed by atoms with Crippen LogP contribution in [-0.4, -0.2) is 69.0 Å².